The van der Waals surface area contributed by atoms with E-state index in [0.29, 0.717) is 6.10 Å². The van der Waals surface area contributed by atoms with Gasteiger partial charge in [-0.2, -0.15) is 0 Å². The van der Waals surface area contributed by atoms with Crippen LogP contribution >= 0.6 is 0 Å². The van der Waals surface area contributed by atoms with Gasteiger partial charge in [0.1, 0.15) is 0 Å². The SMILES string of the molecule is COc1ccc(C(C)(C)CO)cc1OC1CC1. The van der Waals surface area contributed by atoms with Crippen LogP contribution < -0.4 is 9.47 Å². The normalized spacial score (nSPS) is 15.8. The second-order valence-corrected chi connectivity index (χ2v) is 5.22. The van der Waals surface area contributed by atoms with Crippen LogP contribution in [-0.4, -0.2) is 24.9 Å². The fourth-order valence-corrected chi connectivity index (χ4v) is 1.65. The number of benzene rings is 1. The minimum absolute atomic E-state index is 0.113. The molecule has 1 aliphatic rings. The summed E-state index contributed by atoms with van der Waals surface area (Å²) in [6.07, 6.45) is 2.59. The first-order valence-electron chi connectivity index (χ1n) is 6.03. The molecule has 1 aromatic rings. The molecule has 0 amide bonds. The first kappa shape index (κ1) is 12.2. The molecule has 1 aliphatic carbocycles. The zero-order valence-corrected chi connectivity index (χ0v) is 10.7. The van der Waals surface area contributed by atoms with Crippen molar-refractivity contribution in [2.75, 3.05) is 13.7 Å². The molecule has 0 aromatic heterocycles. The molecule has 1 fully saturated rings. The highest BCUT2D eigenvalue weighted by Crippen LogP contribution is 2.36. The summed E-state index contributed by atoms with van der Waals surface area (Å²) in [5.74, 6) is 1.54. The Labute approximate surface area is 102 Å². The molecule has 0 spiro atoms. The van der Waals surface area contributed by atoms with Crippen LogP contribution in [0.4, 0.5) is 0 Å². The second kappa shape index (κ2) is 4.57. The van der Waals surface area contributed by atoms with Crippen LogP contribution in [0.1, 0.15) is 32.3 Å². The summed E-state index contributed by atoms with van der Waals surface area (Å²) in [5, 5.41) is 9.39. The van der Waals surface area contributed by atoms with Crippen molar-refractivity contribution in [2.45, 2.75) is 38.2 Å². The standard InChI is InChI=1S/C14H20O3/c1-14(2,9-15)10-4-7-12(16-3)13(8-10)17-11-5-6-11/h4,7-8,11,15H,5-6,9H2,1-3H3. The van der Waals surface area contributed by atoms with Gasteiger partial charge >= 0.3 is 0 Å². The zero-order valence-electron chi connectivity index (χ0n) is 10.7. The van der Waals surface area contributed by atoms with E-state index >= 15 is 0 Å². The maximum atomic E-state index is 9.39. The molecule has 0 atom stereocenters. The van der Waals surface area contributed by atoms with Crippen molar-refractivity contribution >= 4 is 0 Å². The lowest BCUT2D eigenvalue weighted by Crippen LogP contribution is -2.22. The molecule has 3 heteroatoms. The summed E-state index contributed by atoms with van der Waals surface area (Å²) < 4.78 is 11.1. The number of methoxy groups -OCH3 is 1. The third-order valence-electron chi connectivity index (χ3n) is 3.16. The van der Waals surface area contributed by atoms with Gasteiger partial charge in [0.05, 0.1) is 19.8 Å². The number of ether oxygens (including phenoxy) is 2. The molecular formula is C14H20O3. The molecular weight excluding hydrogens is 216 g/mol. The average Bonchev–Trinajstić information content (AvgIpc) is 3.13. The Morgan fingerprint density at radius 3 is 2.53 bits per heavy atom. The highest BCUT2D eigenvalue weighted by molar-refractivity contribution is 5.45. The number of aliphatic hydroxyl groups is 1. The third-order valence-corrected chi connectivity index (χ3v) is 3.16. The van der Waals surface area contributed by atoms with Crippen LogP contribution in [0, 0.1) is 0 Å². The first-order chi connectivity index (χ1) is 8.06. The Bertz CT molecular complexity index is 394. The molecule has 0 heterocycles. The molecule has 3 nitrogen and oxygen atoms in total. The van der Waals surface area contributed by atoms with Crippen molar-refractivity contribution < 1.29 is 14.6 Å². The van der Waals surface area contributed by atoms with Crippen molar-refractivity contribution in [3.8, 4) is 11.5 Å². The first-order valence-corrected chi connectivity index (χ1v) is 6.03. The summed E-state index contributed by atoms with van der Waals surface area (Å²) >= 11 is 0. The Kier molecular flexibility index (Phi) is 3.29. The van der Waals surface area contributed by atoms with E-state index < -0.39 is 0 Å². The average molecular weight is 236 g/mol. The number of hydrogen-bond donors (Lipinski definition) is 1. The molecule has 94 valence electrons. The van der Waals surface area contributed by atoms with E-state index in [1.54, 1.807) is 7.11 Å². The van der Waals surface area contributed by atoms with Crippen LogP contribution in [0.5, 0.6) is 11.5 Å². The van der Waals surface area contributed by atoms with Gasteiger partial charge in [0, 0.05) is 5.41 Å². The van der Waals surface area contributed by atoms with Crippen molar-refractivity contribution in [2.24, 2.45) is 0 Å². The van der Waals surface area contributed by atoms with Crippen LogP contribution in [0.3, 0.4) is 0 Å². The highest BCUT2D eigenvalue weighted by atomic mass is 16.5. The van der Waals surface area contributed by atoms with Gasteiger partial charge < -0.3 is 14.6 Å². The molecule has 1 N–H and O–H groups in total. The van der Waals surface area contributed by atoms with Crippen molar-refractivity contribution in [3.63, 3.8) is 0 Å². The van der Waals surface area contributed by atoms with E-state index in [9.17, 15) is 5.11 Å². The summed E-state index contributed by atoms with van der Waals surface area (Å²) in [4.78, 5) is 0. The van der Waals surface area contributed by atoms with Crippen LogP contribution in [0.25, 0.3) is 0 Å². The largest absolute Gasteiger partial charge is 0.493 e. The molecule has 17 heavy (non-hydrogen) atoms. The topological polar surface area (TPSA) is 38.7 Å². The predicted molar refractivity (Wildman–Crippen MR) is 66.8 cm³/mol. The molecule has 1 saturated carbocycles. The molecule has 2 rings (SSSR count). The fraction of sp³-hybridized carbons (Fsp3) is 0.571. The van der Waals surface area contributed by atoms with E-state index in [0.717, 1.165) is 29.9 Å². The fourth-order valence-electron chi connectivity index (χ4n) is 1.65. The Morgan fingerprint density at radius 2 is 2.00 bits per heavy atom. The smallest absolute Gasteiger partial charge is 0.161 e. The Morgan fingerprint density at radius 1 is 1.29 bits per heavy atom. The van der Waals surface area contributed by atoms with Crippen molar-refractivity contribution in [1.29, 1.82) is 0 Å². The number of aliphatic hydroxyl groups excluding tert-OH is 1. The van der Waals surface area contributed by atoms with Crippen LogP contribution in [-0.2, 0) is 5.41 Å². The maximum absolute atomic E-state index is 9.39. The lowest BCUT2D eigenvalue weighted by molar-refractivity contribution is 0.217. The Balaban J connectivity index is 2.29. The van der Waals surface area contributed by atoms with Crippen molar-refractivity contribution in [1.82, 2.24) is 0 Å². The Hall–Kier alpha value is -1.22. The minimum atomic E-state index is -0.256. The predicted octanol–water partition coefficient (Wildman–Crippen LogP) is 2.51. The number of rotatable bonds is 5. The number of hydrogen-bond acceptors (Lipinski definition) is 3. The molecule has 0 radical (unpaired) electrons. The van der Waals surface area contributed by atoms with E-state index in [-0.39, 0.29) is 12.0 Å². The quantitative estimate of drug-likeness (QED) is 0.853. The third kappa shape index (κ3) is 2.72. The maximum Gasteiger partial charge on any atom is 0.161 e. The van der Waals surface area contributed by atoms with Crippen LogP contribution in [0.2, 0.25) is 0 Å². The van der Waals surface area contributed by atoms with E-state index in [2.05, 4.69) is 0 Å². The van der Waals surface area contributed by atoms with Gasteiger partial charge in [-0.05, 0) is 30.5 Å². The summed E-state index contributed by atoms with van der Waals surface area (Å²) in [6, 6.07) is 5.87. The minimum Gasteiger partial charge on any atom is -0.493 e. The van der Waals surface area contributed by atoms with Gasteiger partial charge in [-0.15, -0.1) is 0 Å². The van der Waals surface area contributed by atoms with E-state index in [1.165, 1.54) is 0 Å². The van der Waals surface area contributed by atoms with Gasteiger partial charge in [0.15, 0.2) is 11.5 Å². The van der Waals surface area contributed by atoms with E-state index in [1.807, 2.05) is 32.0 Å². The molecule has 0 unspecified atom stereocenters. The molecule has 0 saturated heterocycles. The second-order valence-electron chi connectivity index (χ2n) is 5.22. The lowest BCUT2D eigenvalue weighted by atomic mass is 9.85. The lowest BCUT2D eigenvalue weighted by Gasteiger charge is -2.23. The molecule has 0 aliphatic heterocycles. The van der Waals surface area contributed by atoms with Crippen LogP contribution in [0.15, 0.2) is 18.2 Å². The van der Waals surface area contributed by atoms with E-state index in [4.69, 9.17) is 9.47 Å². The van der Waals surface area contributed by atoms with Gasteiger partial charge in [-0.3, -0.25) is 0 Å². The zero-order chi connectivity index (χ0) is 12.5. The van der Waals surface area contributed by atoms with Gasteiger partial charge in [0.25, 0.3) is 0 Å². The van der Waals surface area contributed by atoms with Gasteiger partial charge in [0.2, 0.25) is 0 Å². The van der Waals surface area contributed by atoms with Gasteiger partial charge in [-0.1, -0.05) is 19.9 Å². The summed E-state index contributed by atoms with van der Waals surface area (Å²) in [6.45, 7) is 4.13. The highest BCUT2D eigenvalue weighted by Gasteiger charge is 2.26. The van der Waals surface area contributed by atoms with Crippen molar-refractivity contribution in [3.05, 3.63) is 23.8 Å². The summed E-state index contributed by atoms with van der Waals surface area (Å²) in [5.41, 5.74) is 0.810. The van der Waals surface area contributed by atoms with Gasteiger partial charge in [-0.25, -0.2) is 0 Å². The summed E-state index contributed by atoms with van der Waals surface area (Å²) in [7, 11) is 1.64. The molecule has 1 aromatic carbocycles. The molecule has 0 bridgehead atoms. The monoisotopic (exact) mass is 236 g/mol.